The summed E-state index contributed by atoms with van der Waals surface area (Å²) in [6.45, 7) is 3.50. The van der Waals surface area contributed by atoms with Crippen molar-refractivity contribution in [2.24, 2.45) is 0 Å². The highest BCUT2D eigenvalue weighted by atomic mass is 16.5. The highest BCUT2D eigenvalue weighted by molar-refractivity contribution is 5.97. The second-order valence-corrected chi connectivity index (χ2v) is 5.90. The van der Waals surface area contributed by atoms with Crippen LogP contribution in [0.4, 0.5) is 0 Å². The molecule has 0 aliphatic heterocycles. The van der Waals surface area contributed by atoms with Crippen LogP contribution in [0.1, 0.15) is 35.8 Å². The summed E-state index contributed by atoms with van der Waals surface area (Å²) in [4.78, 5) is 24.6. The first kappa shape index (κ1) is 19.3. The fourth-order valence-electron chi connectivity index (χ4n) is 2.53. The number of hydrogen-bond donors (Lipinski definition) is 2. The van der Waals surface area contributed by atoms with Gasteiger partial charge in [0.15, 0.2) is 0 Å². The number of nitrogens with one attached hydrogen (secondary N) is 2. The number of benzene rings is 2. The van der Waals surface area contributed by atoms with Gasteiger partial charge in [0, 0.05) is 17.2 Å². The Bertz CT molecular complexity index is 762. The van der Waals surface area contributed by atoms with Crippen LogP contribution in [0.3, 0.4) is 0 Å². The molecule has 0 spiro atoms. The zero-order chi connectivity index (χ0) is 19.1. The standard InChI is InChI=1S/C20H24N2O4/c1-13(17-11-10-16(25-3)12-18(17)26-4)21-19(23)14(2)22-20(24)15-8-6-5-7-9-15/h5-14H,1-4H3,(H,21,23)(H,22,24). The fourth-order valence-corrected chi connectivity index (χ4v) is 2.53. The van der Waals surface area contributed by atoms with E-state index in [1.54, 1.807) is 57.5 Å². The maximum Gasteiger partial charge on any atom is 0.251 e. The molecule has 0 aliphatic carbocycles. The van der Waals surface area contributed by atoms with Crippen molar-refractivity contribution in [3.05, 3.63) is 59.7 Å². The number of methoxy groups -OCH3 is 2. The van der Waals surface area contributed by atoms with Gasteiger partial charge in [-0.2, -0.15) is 0 Å². The second kappa shape index (κ2) is 8.89. The van der Waals surface area contributed by atoms with E-state index in [1.807, 2.05) is 19.1 Å². The fraction of sp³-hybridized carbons (Fsp3) is 0.300. The number of rotatable bonds is 7. The molecule has 2 N–H and O–H groups in total. The summed E-state index contributed by atoms with van der Waals surface area (Å²) >= 11 is 0. The van der Waals surface area contributed by atoms with Crippen LogP contribution in [-0.2, 0) is 4.79 Å². The van der Waals surface area contributed by atoms with E-state index in [4.69, 9.17) is 9.47 Å². The third kappa shape index (κ3) is 4.75. The smallest absolute Gasteiger partial charge is 0.251 e. The first-order valence-electron chi connectivity index (χ1n) is 8.34. The minimum absolute atomic E-state index is 0.278. The molecule has 0 radical (unpaired) electrons. The molecule has 2 aromatic carbocycles. The van der Waals surface area contributed by atoms with Crippen molar-refractivity contribution in [3.8, 4) is 11.5 Å². The molecular weight excluding hydrogens is 332 g/mol. The Kier molecular flexibility index (Phi) is 6.60. The van der Waals surface area contributed by atoms with Crippen LogP contribution in [0.25, 0.3) is 0 Å². The first-order valence-corrected chi connectivity index (χ1v) is 8.34. The van der Waals surface area contributed by atoms with E-state index < -0.39 is 6.04 Å². The molecule has 0 saturated carbocycles. The predicted molar refractivity (Wildman–Crippen MR) is 99.5 cm³/mol. The van der Waals surface area contributed by atoms with Gasteiger partial charge >= 0.3 is 0 Å². The van der Waals surface area contributed by atoms with E-state index in [9.17, 15) is 9.59 Å². The number of ether oxygens (including phenoxy) is 2. The monoisotopic (exact) mass is 356 g/mol. The summed E-state index contributed by atoms with van der Waals surface area (Å²) in [6.07, 6.45) is 0. The van der Waals surface area contributed by atoms with Gasteiger partial charge in [0.25, 0.3) is 5.91 Å². The van der Waals surface area contributed by atoms with Crippen LogP contribution in [0.2, 0.25) is 0 Å². The summed E-state index contributed by atoms with van der Waals surface area (Å²) in [6, 6.07) is 13.2. The minimum Gasteiger partial charge on any atom is -0.497 e. The molecule has 2 amide bonds. The van der Waals surface area contributed by atoms with E-state index in [1.165, 1.54) is 0 Å². The highest BCUT2D eigenvalue weighted by Crippen LogP contribution is 2.29. The van der Waals surface area contributed by atoms with E-state index in [0.717, 1.165) is 5.56 Å². The van der Waals surface area contributed by atoms with Crippen LogP contribution in [0.5, 0.6) is 11.5 Å². The molecule has 2 aromatic rings. The average Bonchev–Trinajstić information content (AvgIpc) is 2.67. The van der Waals surface area contributed by atoms with Gasteiger partial charge in [-0.1, -0.05) is 18.2 Å². The lowest BCUT2D eigenvalue weighted by atomic mass is 10.1. The molecule has 2 atom stereocenters. The molecule has 2 unspecified atom stereocenters. The summed E-state index contributed by atoms with van der Waals surface area (Å²) in [5.74, 6) is 0.730. The maximum atomic E-state index is 12.4. The van der Waals surface area contributed by atoms with Crippen molar-refractivity contribution < 1.29 is 19.1 Å². The number of amides is 2. The second-order valence-electron chi connectivity index (χ2n) is 5.90. The topological polar surface area (TPSA) is 76.7 Å². The third-order valence-electron chi connectivity index (χ3n) is 4.04. The number of carbonyl (C=O) groups excluding carboxylic acids is 2. The Labute approximate surface area is 153 Å². The molecule has 6 nitrogen and oxygen atoms in total. The predicted octanol–water partition coefficient (Wildman–Crippen LogP) is 2.70. The SMILES string of the molecule is COc1ccc(C(C)NC(=O)C(C)NC(=O)c2ccccc2)c(OC)c1. The summed E-state index contributed by atoms with van der Waals surface area (Å²) in [5, 5.41) is 5.59. The molecule has 0 heterocycles. The largest absolute Gasteiger partial charge is 0.497 e. The molecule has 0 fully saturated rings. The Hall–Kier alpha value is -3.02. The Morgan fingerprint density at radius 3 is 2.23 bits per heavy atom. The minimum atomic E-state index is -0.672. The lowest BCUT2D eigenvalue weighted by Crippen LogP contribution is -2.45. The van der Waals surface area contributed by atoms with Crippen molar-refractivity contribution >= 4 is 11.8 Å². The number of carbonyl (C=O) groups is 2. The van der Waals surface area contributed by atoms with Crippen LogP contribution >= 0.6 is 0 Å². The number of hydrogen-bond acceptors (Lipinski definition) is 4. The molecule has 0 saturated heterocycles. The van der Waals surface area contributed by atoms with Crippen molar-refractivity contribution in [2.45, 2.75) is 25.9 Å². The highest BCUT2D eigenvalue weighted by Gasteiger charge is 2.20. The van der Waals surface area contributed by atoms with E-state index in [2.05, 4.69) is 10.6 Å². The van der Waals surface area contributed by atoms with Crippen molar-refractivity contribution in [1.82, 2.24) is 10.6 Å². The molecule has 0 aromatic heterocycles. The summed E-state index contributed by atoms with van der Waals surface area (Å²) in [5.41, 5.74) is 1.33. The lowest BCUT2D eigenvalue weighted by Gasteiger charge is -2.21. The van der Waals surface area contributed by atoms with Gasteiger partial charge in [-0.25, -0.2) is 0 Å². The van der Waals surface area contributed by atoms with Gasteiger partial charge in [-0.15, -0.1) is 0 Å². The van der Waals surface area contributed by atoms with Gasteiger partial charge in [0.05, 0.1) is 20.3 Å². The van der Waals surface area contributed by atoms with Crippen LogP contribution in [-0.4, -0.2) is 32.1 Å². The lowest BCUT2D eigenvalue weighted by molar-refractivity contribution is -0.123. The van der Waals surface area contributed by atoms with E-state index >= 15 is 0 Å². The Morgan fingerprint density at radius 2 is 1.62 bits per heavy atom. The average molecular weight is 356 g/mol. The van der Waals surface area contributed by atoms with Crippen molar-refractivity contribution in [2.75, 3.05) is 14.2 Å². The molecule has 0 bridgehead atoms. The quantitative estimate of drug-likeness (QED) is 0.800. The zero-order valence-electron chi connectivity index (χ0n) is 15.4. The molecule has 138 valence electrons. The van der Waals surface area contributed by atoms with Crippen LogP contribution in [0, 0.1) is 0 Å². The Morgan fingerprint density at radius 1 is 0.923 bits per heavy atom. The molecule has 2 rings (SSSR count). The first-order chi connectivity index (χ1) is 12.5. The van der Waals surface area contributed by atoms with Gasteiger partial charge in [-0.05, 0) is 38.1 Å². The molecular formula is C20H24N2O4. The normalized spacial score (nSPS) is 12.6. The molecule has 6 heteroatoms. The third-order valence-corrected chi connectivity index (χ3v) is 4.04. The molecule has 26 heavy (non-hydrogen) atoms. The van der Waals surface area contributed by atoms with E-state index in [0.29, 0.717) is 17.1 Å². The van der Waals surface area contributed by atoms with Crippen molar-refractivity contribution in [3.63, 3.8) is 0 Å². The van der Waals surface area contributed by atoms with Crippen LogP contribution < -0.4 is 20.1 Å². The summed E-state index contributed by atoms with van der Waals surface area (Å²) in [7, 11) is 3.15. The van der Waals surface area contributed by atoms with Crippen molar-refractivity contribution in [1.29, 1.82) is 0 Å². The molecule has 0 aliphatic rings. The van der Waals surface area contributed by atoms with E-state index in [-0.39, 0.29) is 17.9 Å². The van der Waals surface area contributed by atoms with Gasteiger partial charge in [-0.3, -0.25) is 9.59 Å². The van der Waals surface area contributed by atoms with Crippen LogP contribution in [0.15, 0.2) is 48.5 Å². The van der Waals surface area contributed by atoms with Gasteiger partial charge < -0.3 is 20.1 Å². The van der Waals surface area contributed by atoms with Gasteiger partial charge in [0.2, 0.25) is 5.91 Å². The summed E-state index contributed by atoms with van der Waals surface area (Å²) < 4.78 is 10.6. The zero-order valence-corrected chi connectivity index (χ0v) is 15.4. The van der Waals surface area contributed by atoms with Gasteiger partial charge in [0.1, 0.15) is 17.5 Å². The Balaban J connectivity index is 2.01. The maximum absolute atomic E-state index is 12.4.